The van der Waals surface area contributed by atoms with E-state index in [1.165, 1.54) is 35.7 Å². The summed E-state index contributed by atoms with van der Waals surface area (Å²) in [5.41, 5.74) is 3.22. The molecule has 0 unspecified atom stereocenters. The third-order valence-electron chi connectivity index (χ3n) is 5.16. The molecule has 0 amide bonds. The Kier molecular flexibility index (Phi) is 5.98. The lowest BCUT2D eigenvalue weighted by atomic mass is 10.0. The number of alkyl halides is 3. The molecule has 0 bridgehead atoms. The first-order chi connectivity index (χ1) is 15.3. The van der Waals surface area contributed by atoms with Crippen LogP contribution in [0, 0.1) is 13.8 Å². The van der Waals surface area contributed by atoms with Crippen molar-refractivity contribution in [1.82, 2.24) is 15.5 Å². The molecule has 4 rings (SSSR count). The predicted molar refractivity (Wildman–Crippen MR) is 113 cm³/mol. The predicted octanol–water partition coefficient (Wildman–Crippen LogP) is 4.80. The minimum atomic E-state index is -4.47. The van der Waals surface area contributed by atoms with Crippen molar-refractivity contribution in [2.45, 2.75) is 32.5 Å². The lowest BCUT2D eigenvalue weighted by Crippen LogP contribution is -2.43. The number of nitrogens with zero attached hydrogens (tertiary/aromatic N) is 3. The fraction of sp³-hybridized carbons (Fsp3) is 0.261. The summed E-state index contributed by atoms with van der Waals surface area (Å²) in [7, 11) is 0. The maximum absolute atomic E-state index is 13.0. The summed E-state index contributed by atoms with van der Waals surface area (Å²) >= 11 is 0. The van der Waals surface area contributed by atoms with Gasteiger partial charge in [0.1, 0.15) is 12.4 Å². The molecule has 1 aromatic heterocycles. The fourth-order valence-corrected chi connectivity index (χ4v) is 3.34. The van der Waals surface area contributed by atoms with Gasteiger partial charge in [0.25, 0.3) is 0 Å². The van der Waals surface area contributed by atoms with Crippen molar-refractivity contribution in [2.75, 3.05) is 6.61 Å². The van der Waals surface area contributed by atoms with E-state index in [4.69, 9.17) is 9.57 Å². The van der Waals surface area contributed by atoms with Gasteiger partial charge in [0, 0.05) is 0 Å². The van der Waals surface area contributed by atoms with E-state index in [0.29, 0.717) is 24.4 Å². The van der Waals surface area contributed by atoms with Gasteiger partial charge in [-0.1, -0.05) is 29.4 Å². The summed E-state index contributed by atoms with van der Waals surface area (Å²) in [6.07, 6.45) is -1.01. The van der Waals surface area contributed by atoms with Gasteiger partial charge in [0.2, 0.25) is 0 Å². The van der Waals surface area contributed by atoms with Crippen LogP contribution < -0.4 is 10.1 Å². The first-order valence-corrected chi connectivity index (χ1v) is 9.98. The van der Waals surface area contributed by atoms with Crippen LogP contribution in [0.4, 0.5) is 13.2 Å². The van der Waals surface area contributed by atoms with Crippen molar-refractivity contribution >= 4 is 5.84 Å². The summed E-state index contributed by atoms with van der Waals surface area (Å²) in [4.78, 5) is 5.42. The van der Waals surface area contributed by atoms with Gasteiger partial charge in [-0.2, -0.15) is 23.4 Å². The summed E-state index contributed by atoms with van der Waals surface area (Å²) in [6.45, 7) is 4.50. The van der Waals surface area contributed by atoms with Gasteiger partial charge < -0.3 is 14.9 Å². The van der Waals surface area contributed by atoms with Crippen molar-refractivity contribution in [3.8, 4) is 11.5 Å². The minimum Gasteiger partial charge on any atom is -0.455 e. The average Bonchev–Trinajstić information content (AvgIpc) is 2.77. The van der Waals surface area contributed by atoms with Crippen molar-refractivity contribution in [2.24, 2.45) is 5.16 Å². The number of hydrogen-bond donors (Lipinski definition) is 1. The lowest BCUT2D eigenvalue weighted by molar-refractivity contribution is -0.137. The molecule has 0 spiro atoms. The molecule has 0 aliphatic carbocycles. The van der Waals surface area contributed by atoms with Gasteiger partial charge in [-0.3, -0.25) is 0 Å². The molecule has 1 aliphatic rings. The topological polar surface area (TPSA) is 68.6 Å². The van der Waals surface area contributed by atoms with Crippen molar-refractivity contribution in [1.29, 1.82) is 0 Å². The van der Waals surface area contributed by atoms with Crippen LogP contribution in [0.2, 0.25) is 0 Å². The number of nitrogens with one attached hydrogen (secondary N) is 1. The monoisotopic (exact) mass is 442 g/mol. The van der Waals surface area contributed by atoms with Gasteiger partial charge in [-0.15, -0.1) is 0 Å². The molecule has 1 atom stereocenters. The van der Waals surface area contributed by atoms with Crippen LogP contribution in [0.15, 0.2) is 60.0 Å². The molecular formula is C23H21F3N4O2. The number of rotatable bonds is 5. The molecule has 1 N–H and O–H groups in total. The number of amidine groups is 1. The highest BCUT2D eigenvalue weighted by Gasteiger charge is 2.31. The second kappa shape index (κ2) is 8.86. The Labute approximate surface area is 183 Å². The van der Waals surface area contributed by atoms with E-state index in [0.717, 1.165) is 17.7 Å². The van der Waals surface area contributed by atoms with E-state index >= 15 is 0 Å². The molecular weight excluding hydrogens is 421 g/mol. The zero-order valence-corrected chi connectivity index (χ0v) is 17.5. The molecule has 2 heterocycles. The number of benzene rings is 2. The third-order valence-corrected chi connectivity index (χ3v) is 5.16. The number of oxime groups is 1. The Morgan fingerprint density at radius 1 is 1.06 bits per heavy atom. The number of halogens is 3. The van der Waals surface area contributed by atoms with Gasteiger partial charge in [-0.05, 0) is 55.2 Å². The van der Waals surface area contributed by atoms with Crippen molar-refractivity contribution < 1.29 is 22.7 Å². The maximum atomic E-state index is 13.0. The highest BCUT2D eigenvalue weighted by molar-refractivity contribution is 6.01. The van der Waals surface area contributed by atoms with Gasteiger partial charge in [0.05, 0.1) is 29.6 Å². The van der Waals surface area contributed by atoms with Crippen LogP contribution in [0.25, 0.3) is 0 Å². The molecule has 32 heavy (non-hydrogen) atoms. The Hall–Kier alpha value is -3.62. The SMILES string of the molecule is Cc1ccc(C[C@@H]2CON=C(c3cnncc3Oc3cccc(C(F)(F)F)c3)N2)cc1C. The van der Waals surface area contributed by atoms with Crippen LogP contribution >= 0.6 is 0 Å². The minimum absolute atomic E-state index is 0.0260. The standard InChI is InChI=1S/C23H21F3N4O2/c1-14-6-7-16(8-15(14)2)9-18-13-31-30-22(29-18)20-11-27-28-12-21(20)32-19-5-3-4-17(10-19)23(24,25)26/h3-8,10-12,18H,9,13H2,1-2H3,(H,29,30)/t18-/m1/s1. The molecule has 166 valence electrons. The van der Waals surface area contributed by atoms with Gasteiger partial charge in [-0.25, -0.2) is 0 Å². The average molecular weight is 442 g/mol. The summed E-state index contributed by atoms with van der Waals surface area (Å²) < 4.78 is 44.8. The Morgan fingerprint density at radius 2 is 1.88 bits per heavy atom. The molecule has 9 heteroatoms. The number of hydrogen-bond acceptors (Lipinski definition) is 6. The summed E-state index contributed by atoms with van der Waals surface area (Å²) in [5.74, 6) is 0.612. The highest BCUT2D eigenvalue weighted by atomic mass is 19.4. The Balaban J connectivity index is 1.53. The van der Waals surface area contributed by atoms with Crippen LogP contribution in [0.1, 0.15) is 27.8 Å². The molecule has 2 aromatic carbocycles. The molecule has 0 saturated carbocycles. The zero-order chi connectivity index (χ0) is 22.7. The first kappa shape index (κ1) is 21.6. The summed E-state index contributed by atoms with van der Waals surface area (Å²) in [6, 6.07) is 10.9. The van der Waals surface area contributed by atoms with Crippen molar-refractivity contribution in [3.63, 3.8) is 0 Å². The van der Waals surface area contributed by atoms with Crippen LogP contribution in [-0.4, -0.2) is 28.7 Å². The molecule has 1 aliphatic heterocycles. The van der Waals surface area contributed by atoms with Crippen LogP contribution in [0.3, 0.4) is 0 Å². The highest BCUT2D eigenvalue weighted by Crippen LogP contribution is 2.33. The molecule has 0 radical (unpaired) electrons. The first-order valence-electron chi connectivity index (χ1n) is 9.98. The Morgan fingerprint density at radius 3 is 2.66 bits per heavy atom. The van der Waals surface area contributed by atoms with E-state index in [1.807, 2.05) is 0 Å². The van der Waals surface area contributed by atoms with Gasteiger partial charge >= 0.3 is 6.18 Å². The molecule has 0 saturated heterocycles. The third kappa shape index (κ3) is 4.99. The van der Waals surface area contributed by atoms with E-state index < -0.39 is 11.7 Å². The number of aromatic nitrogens is 2. The number of aryl methyl sites for hydroxylation is 2. The molecule has 6 nitrogen and oxygen atoms in total. The van der Waals surface area contributed by atoms with Crippen molar-refractivity contribution in [3.05, 3.63) is 82.7 Å². The fourth-order valence-electron chi connectivity index (χ4n) is 3.34. The van der Waals surface area contributed by atoms with Crippen LogP contribution in [0.5, 0.6) is 11.5 Å². The smallest absolute Gasteiger partial charge is 0.416 e. The zero-order valence-electron chi connectivity index (χ0n) is 17.5. The summed E-state index contributed by atoms with van der Waals surface area (Å²) in [5, 5.41) is 15.0. The second-order valence-electron chi connectivity index (χ2n) is 7.59. The maximum Gasteiger partial charge on any atom is 0.416 e. The van der Waals surface area contributed by atoms with Crippen LogP contribution in [-0.2, 0) is 17.4 Å². The normalized spacial score (nSPS) is 16.0. The Bertz CT molecular complexity index is 1150. The molecule has 0 fully saturated rings. The van der Waals surface area contributed by atoms with E-state index in [1.54, 1.807) is 0 Å². The lowest BCUT2D eigenvalue weighted by Gasteiger charge is -2.25. The largest absolute Gasteiger partial charge is 0.455 e. The van der Waals surface area contributed by atoms with E-state index in [2.05, 4.69) is 52.7 Å². The van der Waals surface area contributed by atoms with Gasteiger partial charge in [0.15, 0.2) is 11.6 Å². The number of ether oxygens (including phenoxy) is 1. The second-order valence-corrected chi connectivity index (χ2v) is 7.59. The van der Waals surface area contributed by atoms with E-state index in [-0.39, 0.29) is 17.5 Å². The molecule has 3 aromatic rings. The van der Waals surface area contributed by atoms with E-state index in [9.17, 15) is 13.2 Å². The quantitative estimate of drug-likeness (QED) is 0.615.